The molecule has 1 aromatic heterocycles. The summed E-state index contributed by atoms with van der Waals surface area (Å²) >= 11 is 0. The molecule has 0 radical (unpaired) electrons. The molecule has 142 valence electrons. The van der Waals surface area contributed by atoms with Gasteiger partial charge in [0, 0.05) is 30.4 Å². The topological polar surface area (TPSA) is 57.8 Å². The van der Waals surface area contributed by atoms with Gasteiger partial charge in [0.2, 0.25) is 0 Å². The van der Waals surface area contributed by atoms with Gasteiger partial charge in [0.05, 0.1) is 30.1 Å². The quantitative estimate of drug-likeness (QED) is 0.759. The number of benzene rings is 2. The van der Waals surface area contributed by atoms with Crippen LogP contribution in [0.2, 0.25) is 0 Å². The molecule has 0 bridgehead atoms. The van der Waals surface area contributed by atoms with Crippen LogP contribution in [0.5, 0.6) is 0 Å². The zero-order chi connectivity index (χ0) is 19.5. The lowest BCUT2D eigenvalue weighted by molar-refractivity contribution is 0.0951. The van der Waals surface area contributed by atoms with E-state index in [9.17, 15) is 4.79 Å². The van der Waals surface area contributed by atoms with E-state index in [0.717, 1.165) is 22.5 Å². The van der Waals surface area contributed by atoms with Gasteiger partial charge in [0.15, 0.2) is 0 Å². The minimum Gasteiger partial charge on any atom is -0.472 e. The number of aliphatic imine (C=N–C) groups is 1. The van der Waals surface area contributed by atoms with E-state index in [1.165, 1.54) is 18.1 Å². The Kier molecular flexibility index (Phi) is 4.98. The second-order valence-electron chi connectivity index (χ2n) is 7.06. The van der Waals surface area contributed by atoms with Crippen molar-refractivity contribution in [1.29, 1.82) is 0 Å². The van der Waals surface area contributed by atoms with Crippen molar-refractivity contribution in [2.24, 2.45) is 4.99 Å². The summed E-state index contributed by atoms with van der Waals surface area (Å²) in [4.78, 5) is 19.5. The lowest BCUT2D eigenvalue weighted by Gasteiger charge is -2.29. The normalized spacial score (nSPS) is 16.1. The highest BCUT2D eigenvalue weighted by Gasteiger charge is 2.25. The van der Waals surface area contributed by atoms with Crippen LogP contribution in [0.4, 0.5) is 5.69 Å². The Morgan fingerprint density at radius 1 is 1.21 bits per heavy atom. The van der Waals surface area contributed by atoms with Gasteiger partial charge >= 0.3 is 0 Å². The van der Waals surface area contributed by atoms with Gasteiger partial charge in [-0.05, 0) is 24.6 Å². The maximum absolute atomic E-state index is 12.3. The summed E-state index contributed by atoms with van der Waals surface area (Å²) in [6.45, 7) is 3.19. The Labute approximate surface area is 164 Å². The van der Waals surface area contributed by atoms with E-state index in [-0.39, 0.29) is 11.9 Å². The Hall–Kier alpha value is -3.34. The van der Waals surface area contributed by atoms with Crippen molar-refractivity contribution in [1.82, 2.24) is 5.32 Å². The van der Waals surface area contributed by atoms with E-state index >= 15 is 0 Å². The summed E-state index contributed by atoms with van der Waals surface area (Å²) in [5, 5.41) is 3.00. The lowest BCUT2D eigenvalue weighted by atomic mass is 9.99. The second-order valence-corrected chi connectivity index (χ2v) is 7.06. The van der Waals surface area contributed by atoms with Crippen molar-refractivity contribution in [3.63, 3.8) is 0 Å². The summed E-state index contributed by atoms with van der Waals surface area (Å²) in [6.07, 6.45) is 2.96. The van der Waals surface area contributed by atoms with Crippen molar-refractivity contribution >= 4 is 17.3 Å². The van der Waals surface area contributed by atoms with Crippen LogP contribution >= 0.6 is 0 Å². The zero-order valence-electron chi connectivity index (χ0n) is 16.1. The fraction of sp³-hybridized carbons (Fsp3) is 0.217. The molecule has 2 heterocycles. The third-order valence-electron chi connectivity index (χ3n) is 5.13. The molecule has 1 aliphatic heterocycles. The fourth-order valence-electron chi connectivity index (χ4n) is 3.49. The summed E-state index contributed by atoms with van der Waals surface area (Å²) in [5.74, 6) is -0.136. The number of fused-ring (bicyclic) bond motifs is 1. The van der Waals surface area contributed by atoms with Crippen LogP contribution < -0.4 is 10.2 Å². The Morgan fingerprint density at radius 3 is 2.79 bits per heavy atom. The van der Waals surface area contributed by atoms with Crippen LogP contribution in [0.15, 0.2) is 76.5 Å². The standard InChI is InChI=1S/C23H23N3O2/c1-16-8-9-20-21(12-16)26(2)19(14-25-23(27)18-10-11-28-15-18)13-24-22(20)17-6-4-3-5-7-17/h3-12,15,19H,13-14H2,1-2H3,(H,25,27). The largest absolute Gasteiger partial charge is 0.472 e. The first-order chi connectivity index (χ1) is 13.6. The predicted molar refractivity (Wildman–Crippen MR) is 111 cm³/mol. The van der Waals surface area contributed by atoms with Crippen molar-refractivity contribution in [2.45, 2.75) is 13.0 Å². The highest BCUT2D eigenvalue weighted by Crippen LogP contribution is 2.28. The van der Waals surface area contributed by atoms with Crippen LogP contribution in [-0.4, -0.2) is 37.8 Å². The Balaban J connectivity index is 1.64. The molecule has 1 N–H and O–H groups in total. The van der Waals surface area contributed by atoms with E-state index in [1.807, 2.05) is 18.2 Å². The van der Waals surface area contributed by atoms with E-state index < -0.39 is 0 Å². The summed E-state index contributed by atoms with van der Waals surface area (Å²) < 4.78 is 5.00. The number of likely N-dealkylation sites (N-methyl/N-ethyl adjacent to an activating group) is 1. The molecule has 5 nitrogen and oxygen atoms in total. The van der Waals surface area contributed by atoms with Gasteiger partial charge in [-0.2, -0.15) is 0 Å². The molecular formula is C23H23N3O2. The molecule has 28 heavy (non-hydrogen) atoms. The number of rotatable bonds is 4. The number of carbonyl (C=O) groups is 1. The minimum absolute atomic E-state index is 0.0533. The summed E-state index contributed by atoms with van der Waals surface area (Å²) in [7, 11) is 2.07. The molecule has 4 rings (SSSR count). The van der Waals surface area contributed by atoms with Crippen LogP contribution in [0.3, 0.4) is 0 Å². The number of benzodiazepines with no additional fused rings is 1. The third kappa shape index (κ3) is 3.56. The number of furan rings is 1. The van der Waals surface area contributed by atoms with Crippen LogP contribution in [-0.2, 0) is 0 Å². The fourth-order valence-corrected chi connectivity index (χ4v) is 3.49. The number of anilines is 1. The molecule has 0 aliphatic carbocycles. The molecule has 3 aromatic rings. The number of nitrogens with one attached hydrogen (secondary N) is 1. The van der Waals surface area contributed by atoms with Gasteiger partial charge in [-0.25, -0.2) is 0 Å². The molecule has 0 saturated heterocycles. The number of hydrogen-bond donors (Lipinski definition) is 1. The molecule has 2 aromatic carbocycles. The second kappa shape index (κ2) is 7.72. The van der Waals surface area contributed by atoms with Crippen LogP contribution in [0.25, 0.3) is 0 Å². The molecule has 5 heteroatoms. The van der Waals surface area contributed by atoms with Gasteiger partial charge in [-0.15, -0.1) is 0 Å². The summed E-state index contributed by atoms with van der Waals surface area (Å²) in [5.41, 5.74) is 6.06. The smallest absolute Gasteiger partial charge is 0.254 e. The monoisotopic (exact) mass is 373 g/mol. The number of aryl methyl sites for hydroxylation is 1. The molecule has 0 saturated carbocycles. The molecule has 1 atom stereocenters. The van der Waals surface area contributed by atoms with E-state index in [0.29, 0.717) is 18.7 Å². The molecular weight excluding hydrogens is 350 g/mol. The maximum Gasteiger partial charge on any atom is 0.254 e. The Bertz CT molecular complexity index is 994. The highest BCUT2D eigenvalue weighted by molar-refractivity contribution is 6.16. The van der Waals surface area contributed by atoms with Crippen molar-refractivity contribution in [3.05, 3.63) is 89.4 Å². The Morgan fingerprint density at radius 2 is 2.04 bits per heavy atom. The average Bonchev–Trinajstić information content (AvgIpc) is 3.22. The molecule has 1 unspecified atom stereocenters. The van der Waals surface area contributed by atoms with Gasteiger partial charge in [0.1, 0.15) is 6.26 Å². The number of nitrogens with zero attached hydrogens (tertiary/aromatic N) is 2. The van der Waals surface area contributed by atoms with E-state index in [4.69, 9.17) is 9.41 Å². The molecule has 0 spiro atoms. The maximum atomic E-state index is 12.3. The summed E-state index contributed by atoms with van der Waals surface area (Å²) in [6, 6.07) is 18.4. The molecule has 1 aliphatic rings. The molecule has 1 amide bonds. The van der Waals surface area contributed by atoms with E-state index in [2.05, 4.69) is 54.5 Å². The minimum atomic E-state index is -0.136. The van der Waals surface area contributed by atoms with Crippen molar-refractivity contribution in [3.8, 4) is 0 Å². The van der Waals surface area contributed by atoms with E-state index in [1.54, 1.807) is 6.07 Å². The van der Waals surface area contributed by atoms with Gasteiger partial charge in [0.25, 0.3) is 5.91 Å². The lowest BCUT2D eigenvalue weighted by Crippen LogP contribution is -2.43. The van der Waals surface area contributed by atoms with Crippen molar-refractivity contribution in [2.75, 3.05) is 25.0 Å². The van der Waals surface area contributed by atoms with Crippen molar-refractivity contribution < 1.29 is 9.21 Å². The van der Waals surface area contributed by atoms with Gasteiger partial charge in [-0.1, -0.05) is 42.5 Å². The third-order valence-corrected chi connectivity index (χ3v) is 5.13. The molecule has 0 fully saturated rings. The number of amides is 1. The predicted octanol–water partition coefficient (Wildman–Crippen LogP) is 3.67. The number of hydrogen-bond acceptors (Lipinski definition) is 4. The first-order valence-electron chi connectivity index (χ1n) is 9.37. The zero-order valence-corrected chi connectivity index (χ0v) is 16.1. The first kappa shape index (κ1) is 18.0. The van der Waals surface area contributed by atoms with Crippen LogP contribution in [0, 0.1) is 6.92 Å². The first-order valence-corrected chi connectivity index (χ1v) is 9.37. The van der Waals surface area contributed by atoms with Gasteiger partial charge < -0.3 is 14.6 Å². The average molecular weight is 373 g/mol. The SMILES string of the molecule is Cc1ccc2c(c1)N(C)C(CNC(=O)c1ccoc1)CN=C2c1ccccc1. The highest BCUT2D eigenvalue weighted by atomic mass is 16.3. The van der Waals surface area contributed by atoms with Crippen LogP contribution in [0.1, 0.15) is 27.0 Å². The number of carbonyl (C=O) groups excluding carboxylic acids is 1. The van der Waals surface area contributed by atoms with Gasteiger partial charge in [-0.3, -0.25) is 9.79 Å².